The van der Waals surface area contributed by atoms with Crippen molar-refractivity contribution in [3.63, 3.8) is 0 Å². The lowest BCUT2D eigenvalue weighted by Crippen LogP contribution is -2.11. The average molecular weight is 507 g/mol. The molecule has 94 valence electrons. The van der Waals surface area contributed by atoms with Crippen LogP contribution >= 0.6 is 63.7 Å². The van der Waals surface area contributed by atoms with Crippen LogP contribution in [0.3, 0.4) is 0 Å². The molecule has 0 spiro atoms. The quantitative estimate of drug-likeness (QED) is 0.171. The summed E-state index contributed by atoms with van der Waals surface area (Å²) in [7, 11) is -3.74. The molecule has 0 N–H and O–H groups in total. The van der Waals surface area contributed by atoms with Gasteiger partial charge in [-0.1, -0.05) is 76.6 Å². The van der Waals surface area contributed by atoms with Gasteiger partial charge in [-0.15, -0.1) is 0 Å². The van der Waals surface area contributed by atoms with Crippen molar-refractivity contribution in [1.29, 1.82) is 0 Å². The fraction of sp³-hybridized carbons (Fsp3) is 1.00. The van der Waals surface area contributed by atoms with Gasteiger partial charge in [-0.3, -0.25) is 0 Å². The van der Waals surface area contributed by atoms with E-state index in [-0.39, 0.29) is 2.14 Å². The molecule has 16 heavy (non-hydrogen) atoms. The van der Waals surface area contributed by atoms with Crippen LogP contribution in [0.15, 0.2) is 4.52 Å². The standard InChI is InChI=1S/C6H9Br4N3O2S/c7-5(16(14,15)13-12-11)3-1-2-4-6(8,9)10/h5H,1-4H2. The maximum atomic E-state index is 11.2. The number of halogens is 4. The Morgan fingerprint density at radius 1 is 1.31 bits per heavy atom. The van der Waals surface area contributed by atoms with Crippen molar-refractivity contribution in [3.05, 3.63) is 10.4 Å². The lowest BCUT2D eigenvalue weighted by molar-refractivity contribution is 0.586. The molecule has 1 unspecified atom stereocenters. The number of nitrogens with zero attached hydrogens (tertiary/aromatic N) is 3. The van der Waals surface area contributed by atoms with Crippen molar-refractivity contribution < 1.29 is 8.42 Å². The first-order chi connectivity index (χ1) is 7.19. The molecule has 1 atom stereocenters. The third kappa shape index (κ3) is 8.30. The fourth-order valence-corrected chi connectivity index (χ4v) is 2.94. The third-order valence-electron chi connectivity index (χ3n) is 1.61. The van der Waals surface area contributed by atoms with Gasteiger partial charge in [0.2, 0.25) is 10.0 Å². The minimum atomic E-state index is -3.74. The van der Waals surface area contributed by atoms with Gasteiger partial charge in [-0.25, -0.2) is 8.42 Å². The number of sulfonamides is 1. The molecule has 0 aliphatic rings. The first-order valence-electron chi connectivity index (χ1n) is 4.20. The van der Waals surface area contributed by atoms with Crippen LogP contribution in [-0.2, 0) is 10.0 Å². The van der Waals surface area contributed by atoms with Crippen molar-refractivity contribution in [3.8, 4) is 0 Å². The number of alkyl halides is 4. The Kier molecular flexibility index (Phi) is 8.14. The number of hydrogen-bond acceptors (Lipinski definition) is 2. The molecule has 0 aromatic carbocycles. The van der Waals surface area contributed by atoms with Gasteiger partial charge >= 0.3 is 0 Å². The van der Waals surface area contributed by atoms with E-state index in [4.69, 9.17) is 5.53 Å². The SMILES string of the molecule is [N-]=[N+]=NS(=O)(=O)C(Br)CCCCC(Br)(Br)Br. The maximum absolute atomic E-state index is 11.2. The highest BCUT2D eigenvalue weighted by atomic mass is 80.0. The molecular weight excluding hydrogens is 498 g/mol. The molecule has 0 heterocycles. The highest BCUT2D eigenvalue weighted by molar-refractivity contribution is 9.39. The van der Waals surface area contributed by atoms with E-state index >= 15 is 0 Å². The Morgan fingerprint density at radius 2 is 1.88 bits per heavy atom. The molecule has 5 nitrogen and oxygen atoms in total. The second kappa shape index (κ2) is 7.58. The zero-order chi connectivity index (χ0) is 12.8. The Morgan fingerprint density at radius 3 is 2.31 bits per heavy atom. The molecule has 0 fully saturated rings. The maximum Gasteiger partial charge on any atom is 0.248 e. The molecule has 0 saturated carbocycles. The van der Waals surface area contributed by atoms with E-state index in [1.54, 1.807) is 0 Å². The molecule has 0 aromatic rings. The predicted molar refractivity (Wildman–Crippen MR) is 78.8 cm³/mol. The van der Waals surface area contributed by atoms with Gasteiger partial charge in [-0.2, -0.15) is 0 Å². The van der Waals surface area contributed by atoms with E-state index in [9.17, 15) is 8.42 Å². The van der Waals surface area contributed by atoms with Crippen LogP contribution < -0.4 is 0 Å². The first-order valence-corrected chi connectivity index (χ1v) is 9.00. The molecule has 0 bridgehead atoms. The largest absolute Gasteiger partial charge is 0.248 e. The average Bonchev–Trinajstić information content (AvgIpc) is 2.10. The summed E-state index contributed by atoms with van der Waals surface area (Å²) in [4.78, 5) is 2.28. The van der Waals surface area contributed by atoms with E-state index in [2.05, 4.69) is 73.2 Å². The topological polar surface area (TPSA) is 82.9 Å². The van der Waals surface area contributed by atoms with Crippen LogP contribution in [0.5, 0.6) is 0 Å². The highest BCUT2D eigenvalue weighted by Gasteiger charge is 2.21. The van der Waals surface area contributed by atoms with Crippen molar-refractivity contribution in [1.82, 2.24) is 0 Å². The van der Waals surface area contributed by atoms with Gasteiger partial charge in [0, 0.05) is 9.43 Å². The number of unbranched alkanes of at least 4 members (excludes halogenated alkanes) is 1. The van der Waals surface area contributed by atoms with Crippen molar-refractivity contribution in [2.45, 2.75) is 32.0 Å². The van der Waals surface area contributed by atoms with Gasteiger partial charge < -0.3 is 0 Å². The number of azide groups is 1. The van der Waals surface area contributed by atoms with E-state index in [1.165, 1.54) is 0 Å². The minimum Gasteiger partial charge on any atom is -0.220 e. The van der Waals surface area contributed by atoms with E-state index in [0.717, 1.165) is 12.8 Å². The normalized spacial score (nSPS) is 14.2. The van der Waals surface area contributed by atoms with Crippen LogP contribution in [0.4, 0.5) is 0 Å². The molecule has 0 rings (SSSR count). The van der Waals surface area contributed by atoms with E-state index in [1.807, 2.05) is 0 Å². The number of rotatable bonds is 6. The number of hydrogen-bond donors (Lipinski definition) is 0. The van der Waals surface area contributed by atoms with Crippen LogP contribution in [0.1, 0.15) is 25.7 Å². The summed E-state index contributed by atoms with van der Waals surface area (Å²) in [6.45, 7) is 0. The van der Waals surface area contributed by atoms with Gasteiger partial charge in [-0.05, 0) is 18.4 Å². The molecule has 0 amide bonds. The first kappa shape index (κ1) is 17.2. The van der Waals surface area contributed by atoms with Gasteiger partial charge in [0.15, 0.2) is 0 Å². The van der Waals surface area contributed by atoms with Crippen molar-refractivity contribution >= 4 is 73.7 Å². The Hall–Kier alpha value is 1.18. The van der Waals surface area contributed by atoms with Crippen molar-refractivity contribution in [2.24, 2.45) is 4.52 Å². The van der Waals surface area contributed by atoms with Crippen molar-refractivity contribution in [2.75, 3.05) is 0 Å². The summed E-state index contributed by atoms with van der Waals surface area (Å²) >= 11 is 13.0. The predicted octanol–water partition coefficient (Wildman–Crippen LogP) is 4.75. The smallest absolute Gasteiger partial charge is 0.220 e. The van der Waals surface area contributed by atoms with Crippen LogP contribution in [0.2, 0.25) is 0 Å². The van der Waals surface area contributed by atoms with Crippen LogP contribution in [-0.4, -0.2) is 14.7 Å². The van der Waals surface area contributed by atoms with Gasteiger partial charge in [0.1, 0.15) is 6.30 Å². The lowest BCUT2D eigenvalue weighted by atomic mass is 10.2. The molecule has 0 aliphatic carbocycles. The molecule has 0 aromatic heterocycles. The summed E-state index contributed by atoms with van der Waals surface area (Å²) in [5.74, 6) is 0. The summed E-state index contributed by atoms with van der Waals surface area (Å²) in [6.07, 6.45) is 2.75. The minimum absolute atomic E-state index is 0.293. The summed E-state index contributed by atoms with van der Waals surface area (Å²) < 4.78 is 24.1. The lowest BCUT2D eigenvalue weighted by Gasteiger charge is -2.12. The van der Waals surface area contributed by atoms with E-state index in [0.29, 0.717) is 12.8 Å². The second-order valence-electron chi connectivity index (χ2n) is 2.96. The zero-order valence-electron chi connectivity index (χ0n) is 7.98. The van der Waals surface area contributed by atoms with E-state index < -0.39 is 14.2 Å². The van der Waals surface area contributed by atoms with Gasteiger partial charge in [0.25, 0.3) is 0 Å². The Balaban J connectivity index is 4.01. The monoisotopic (exact) mass is 503 g/mol. The van der Waals surface area contributed by atoms with Crippen LogP contribution in [0.25, 0.3) is 10.4 Å². The van der Waals surface area contributed by atoms with Crippen LogP contribution in [0, 0.1) is 0 Å². The summed E-state index contributed by atoms with van der Waals surface area (Å²) in [5.41, 5.74) is 8.07. The summed E-state index contributed by atoms with van der Waals surface area (Å²) in [6, 6.07) is 0. The fourth-order valence-electron chi connectivity index (χ4n) is 0.881. The van der Waals surface area contributed by atoms with Gasteiger partial charge in [0.05, 0.1) is 0 Å². The zero-order valence-corrected chi connectivity index (χ0v) is 15.1. The third-order valence-corrected chi connectivity index (χ3v) is 5.86. The molecule has 0 saturated heterocycles. The molecular formula is C6H9Br4N3O2S. The molecule has 0 radical (unpaired) electrons. The Bertz CT molecular complexity index is 360. The summed E-state index contributed by atoms with van der Waals surface area (Å²) in [5, 5.41) is 0. The molecule has 10 heteroatoms. The highest BCUT2D eigenvalue weighted by Crippen LogP contribution is 2.38. The second-order valence-corrected chi connectivity index (χ2v) is 13.7. The molecule has 0 aliphatic heterocycles. The Labute approximate surface area is 128 Å².